The Hall–Kier alpha value is -3.88. The number of carbonyl (C=O) groups is 1. The molecule has 0 fully saturated rings. The Morgan fingerprint density at radius 3 is 2.54 bits per heavy atom. The van der Waals surface area contributed by atoms with Crippen LogP contribution in [-0.2, 0) is 11.3 Å². The van der Waals surface area contributed by atoms with Crippen LogP contribution >= 0.6 is 0 Å². The van der Waals surface area contributed by atoms with Crippen molar-refractivity contribution in [2.45, 2.75) is 19.5 Å². The van der Waals surface area contributed by atoms with Gasteiger partial charge in [-0.3, -0.25) is 9.59 Å². The van der Waals surface area contributed by atoms with Gasteiger partial charge in [0.1, 0.15) is 6.54 Å². The summed E-state index contributed by atoms with van der Waals surface area (Å²) in [5.41, 5.74) is 1.19. The lowest BCUT2D eigenvalue weighted by Crippen LogP contribution is -2.35. The molecule has 0 saturated carbocycles. The van der Waals surface area contributed by atoms with Crippen LogP contribution in [-0.4, -0.2) is 36.3 Å². The first-order valence-corrected chi connectivity index (χ1v) is 8.71. The Morgan fingerprint density at radius 1 is 1.11 bits per heavy atom. The van der Waals surface area contributed by atoms with E-state index in [0.29, 0.717) is 16.9 Å². The zero-order chi connectivity index (χ0) is 19.5. The first-order valence-electron chi connectivity index (χ1n) is 8.71. The minimum atomic E-state index is -0.448. The molecule has 1 atom stereocenters. The maximum absolute atomic E-state index is 12.8. The van der Waals surface area contributed by atoms with E-state index in [1.807, 2.05) is 42.5 Å². The second kappa shape index (κ2) is 7.39. The summed E-state index contributed by atoms with van der Waals surface area (Å²) >= 11 is 0. The molecular weight excluding hydrogens is 358 g/mol. The second-order valence-electron chi connectivity index (χ2n) is 6.28. The molecular formula is C19H17N7O2. The number of amides is 1. The molecule has 2 heterocycles. The van der Waals surface area contributed by atoms with E-state index < -0.39 is 6.04 Å². The van der Waals surface area contributed by atoms with Gasteiger partial charge >= 0.3 is 0 Å². The summed E-state index contributed by atoms with van der Waals surface area (Å²) in [6.45, 7) is 1.51. The lowest BCUT2D eigenvalue weighted by molar-refractivity contribution is -0.122. The van der Waals surface area contributed by atoms with Crippen molar-refractivity contribution in [3.05, 3.63) is 70.8 Å². The number of hydrogen-bond donors (Lipinski definition) is 2. The average Bonchev–Trinajstić information content (AvgIpc) is 3.26. The number of H-pyrrole nitrogens is 1. The van der Waals surface area contributed by atoms with Gasteiger partial charge in [-0.15, -0.1) is 10.2 Å². The number of rotatable bonds is 5. The third-order valence-electron chi connectivity index (χ3n) is 4.33. The largest absolute Gasteiger partial charge is 0.345 e. The van der Waals surface area contributed by atoms with Gasteiger partial charge in [-0.1, -0.05) is 53.7 Å². The number of carbonyl (C=O) groups excluding carboxylic acids is 1. The summed E-state index contributed by atoms with van der Waals surface area (Å²) in [5.74, 6) is -0.0154. The number of fused-ring (bicyclic) bond motifs is 1. The van der Waals surface area contributed by atoms with E-state index in [0.717, 1.165) is 10.9 Å². The predicted molar refractivity (Wildman–Crippen MR) is 102 cm³/mol. The van der Waals surface area contributed by atoms with Crippen molar-refractivity contribution in [1.82, 2.24) is 35.7 Å². The van der Waals surface area contributed by atoms with Crippen molar-refractivity contribution in [1.29, 1.82) is 0 Å². The van der Waals surface area contributed by atoms with Crippen LogP contribution in [0.1, 0.15) is 18.8 Å². The quantitative estimate of drug-likeness (QED) is 0.545. The second-order valence-corrected chi connectivity index (χ2v) is 6.28. The van der Waals surface area contributed by atoms with Crippen LogP contribution in [0.15, 0.2) is 59.4 Å². The lowest BCUT2D eigenvalue weighted by Gasteiger charge is -2.13. The van der Waals surface area contributed by atoms with Gasteiger partial charge < -0.3 is 5.32 Å². The monoisotopic (exact) mass is 375 g/mol. The minimum Gasteiger partial charge on any atom is -0.345 e. The van der Waals surface area contributed by atoms with E-state index in [4.69, 9.17) is 0 Å². The molecule has 0 aliphatic rings. The van der Waals surface area contributed by atoms with Gasteiger partial charge in [-0.05, 0) is 13.0 Å². The minimum absolute atomic E-state index is 0.217. The Morgan fingerprint density at radius 2 is 1.82 bits per heavy atom. The zero-order valence-corrected chi connectivity index (χ0v) is 15.0. The number of aromatic amines is 1. The molecule has 2 aromatic heterocycles. The Kier molecular flexibility index (Phi) is 4.63. The Labute approximate surface area is 159 Å². The lowest BCUT2D eigenvalue weighted by atomic mass is 10.1. The predicted octanol–water partition coefficient (Wildman–Crippen LogP) is 1.45. The molecule has 140 valence electrons. The fraction of sp³-hybridized carbons (Fsp3) is 0.158. The number of hydrogen-bond acceptors (Lipinski definition) is 6. The summed E-state index contributed by atoms with van der Waals surface area (Å²) < 4.78 is 1.18. The number of tetrazole rings is 1. The van der Waals surface area contributed by atoms with Crippen LogP contribution in [0.5, 0.6) is 0 Å². The average molecular weight is 375 g/mol. The van der Waals surface area contributed by atoms with Gasteiger partial charge in [0.15, 0.2) is 5.82 Å². The molecule has 28 heavy (non-hydrogen) atoms. The molecule has 0 spiro atoms. The van der Waals surface area contributed by atoms with Gasteiger partial charge in [0.05, 0.1) is 17.1 Å². The van der Waals surface area contributed by atoms with E-state index in [1.165, 1.54) is 4.68 Å². The molecule has 0 bridgehead atoms. The summed E-state index contributed by atoms with van der Waals surface area (Å²) in [6.07, 6.45) is 0. The van der Waals surface area contributed by atoms with E-state index >= 15 is 0 Å². The third-order valence-corrected chi connectivity index (χ3v) is 4.33. The smallest absolute Gasteiger partial charge is 0.275 e. The fourth-order valence-electron chi connectivity index (χ4n) is 2.99. The molecule has 2 N–H and O–H groups in total. The molecule has 0 saturated heterocycles. The highest BCUT2D eigenvalue weighted by Gasteiger charge is 2.17. The van der Waals surface area contributed by atoms with Crippen molar-refractivity contribution in [2.24, 2.45) is 0 Å². The molecule has 1 amide bonds. The van der Waals surface area contributed by atoms with Gasteiger partial charge in [0.25, 0.3) is 5.56 Å². The van der Waals surface area contributed by atoms with Gasteiger partial charge in [-0.2, -0.15) is 10.3 Å². The molecule has 4 aromatic rings. The number of nitrogens with one attached hydrogen (secondary N) is 2. The summed E-state index contributed by atoms with van der Waals surface area (Å²) in [6, 6.07) is 16.4. The summed E-state index contributed by atoms with van der Waals surface area (Å²) in [4.78, 5) is 25.3. The van der Waals surface area contributed by atoms with Crippen molar-refractivity contribution in [3.63, 3.8) is 0 Å². The van der Waals surface area contributed by atoms with Gasteiger partial charge in [0, 0.05) is 10.9 Å². The molecule has 0 radical (unpaired) electrons. The highest BCUT2D eigenvalue weighted by atomic mass is 16.2. The van der Waals surface area contributed by atoms with Crippen LogP contribution in [0.4, 0.5) is 0 Å². The van der Waals surface area contributed by atoms with Crippen molar-refractivity contribution in [2.75, 3.05) is 0 Å². The third kappa shape index (κ3) is 3.37. The van der Waals surface area contributed by atoms with E-state index in [2.05, 4.69) is 31.0 Å². The van der Waals surface area contributed by atoms with Crippen LogP contribution in [0.25, 0.3) is 22.0 Å². The molecule has 0 aliphatic heterocycles. The molecule has 0 unspecified atom stereocenters. The van der Waals surface area contributed by atoms with E-state index in [9.17, 15) is 9.59 Å². The maximum Gasteiger partial charge on any atom is 0.275 e. The molecule has 2 aromatic carbocycles. The first-order chi connectivity index (χ1) is 13.6. The molecule has 4 rings (SSSR count). The van der Waals surface area contributed by atoms with E-state index in [-0.39, 0.29) is 18.0 Å². The highest BCUT2D eigenvalue weighted by Crippen LogP contribution is 2.24. The van der Waals surface area contributed by atoms with Gasteiger partial charge in [-0.25, -0.2) is 4.68 Å². The van der Waals surface area contributed by atoms with Crippen LogP contribution in [0, 0.1) is 0 Å². The Bertz CT molecular complexity index is 1170. The summed E-state index contributed by atoms with van der Waals surface area (Å²) in [7, 11) is 0. The van der Waals surface area contributed by atoms with Crippen molar-refractivity contribution >= 4 is 16.7 Å². The van der Waals surface area contributed by atoms with Crippen LogP contribution < -0.4 is 10.9 Å². The fourth-order valence-corrected chi connectivity index (χ4v) is 2.99. The van der Waals surface area contributed by atoms with Crippen LogP contribution in [0.3, 0.4) is 0 Å². The van der Waals surface area contributed by atoms with Gasteiger partial charge in [0.2, 0.25) is 5.91 Å². The normalized spacial score (nSPS) is 12.0. The number of nitrogens with zero attached hydrogens (tertiary/aromatic N) is 5. The topological polar surface area (TPSA) is 118 Å². The van der Waals surface area contributed by atoms with Crippen LogP contribution in [0.2, 0.25) is 0 Å². The standard InChI is InChI=1S/C19H17N7O2/c1-12(18-21-24-25-22-18)20-16(27)11-26-19(28)15-10-6-5-9-14(15)17(23-26)13-7-3-2-4-8-13/h2-10,12H,11H2,1H3,(H,20,27)(H,21,22,24,25)/t12-/m0/s1. The van der Waals surface area contributed by atoms with E-state index in [1.54, 1.807) is 19.1 Å². The molecule has 9 nitrogen and oxygen atoms in total. The molecule has 0 aliphatic carbocycles. The first kappa shape index (κ1) is 17.5. The Balaban J connectivity index is 1.70. The zero-order valence-electron chi connectivity index (χ0n) is 15.0. The van der Waals surface area contributed by atoms with Crippen molar-refractivity contribution < 1.29 is 4.79 Å². The summed E-state index contributed by atoms with van der Waals surface area (Å²) in [5, 5.41) is 22.0. The highest BCUT2D eigenvalue weighted by molar-refractivity contribution is 5.93. The maximum atomic E-state index is 12.8. The number of aromatic nitrogens is 6. The SMILES string of the molecule is C[C@H](NC(=O)Cn1nc(-c2ccccc2)c2ccccc2c1=O)c1nn[nH]n1. The number of benzene rings is 2. The van der Waals surface area contributed by atoms with Crippen molar-refractivity contribution in [3.8, 4) is 11.3 Å². The molecule has 9 heteroatoms.